The zero-order chi connectivity index (χ0) is 13.4. The normalized spacial score (nSPS) is 24.3. The second kappa shape index (κ2) is 8.10. The van der Waals surface area contributed by atoms with Crippen LogP contribution in [0.15, 0.2) is 0 Å². The van der Waals surface area contributed by atoms with Crippen LogP contribution < -0.4 is 5.32 Å². The van der Waals surface area contributed by atoms with E-state index < -0.39 is 0 Å². The third-order valence-electron chi connectivity index (χ3n) is 3.75. The Morgan fingerprint density at radius 1 is 1.39 bits per heavy atom. The van der Waals surface area contributed by atoms with Gasteiger partial charge in [-0.25, -0.2) is 0 Å². The molecular weight excluding hydrogens is 226 g/mol. The van der Waals surface area contributed by atoms with E-state index >= 15 is 0 Å². The molecule has 1 aliphatic carbocycles. The number of nitrogens with zero attached hydrogens (tertiary/aromatic N) is 2. The summed E-state index contributed by atoms with van der Waals surface area (Å²) >= 11 is 0. The van der Waals surface area contributed by atoms with Gasteiger partial charge >= 0.3 is 0 Å². The van der Waals surface area contributed by atoms with E-state index in [1.54, 1.807) is 7.05 Å². The van der Waals surface area contributed by atoms with Gasteiger partial charge in [0, 0.05) is 13.1 Å². The van der Waals surface area contributed by atoms with E-state index in [1.165, 1.54) is 12.8 Å². The van der Waals surface area contributed by atoms with E-state index in [4.69, 9.17) is 0 Å². The largest absolute Gasteiger partial charge is 0.358 e. The maximum absolute atomic E-state index is 11.6. The lowest BCUT2D eigenvalue weighted by molar-refractivity contribution is -0.122. The molecule has 0 aromatic heterocycles. The van der Waals surface area contributed by atoms with Gasteiger partial charge in [0.05, 0.1) is 18.5 Å². The van der Waals surface area contributed by atoms with Crippen molar-refractivity contribution >= 4 is 5.91 Å². The molecule has 102 valence electrons. The number of nitrogens with one attached hydrogen (secondary N) is 1. The predicted octanol–water partition coefficient (Wildman–Crippen LogP) is 1.92. The third-order valence-corrected chi connectivity index (χ3v) is 3.75. The van der Waals surface area contributed by atoms with Crippen LogP contribution in [0, 0.1) is 17.2 Å². The smallest absolute Gasteiger partial charge is 0.233 e. The Hall–Kier alpha value is -1.08. The van der Waals surface area contributed by atoms with E-state index in [-0.39, 0.29) is 17.9 Å². The Kier molecular flexibility index (Phi) is 6.74. The van der Waals surface area contributed by atoms with Crippen molar-refractivity contribution in [2.75, 3.05) is 20.1 Å². The molecule has 4 nitrogen and oxygen atoms in total. The molecule has 0 heterocycles. The van der Waals surface area contributed by atoms with Crippen molar-refractivity contribution in [2.45, 2.75) is 51.5 Å². The summed E-state index contributed by atoms with van der Waals surface area (Å²) in [6.45, 7) is 3.44. The van der Waals surface area contributed by atoms with Gasteiger partial charge in [-0.2, -0.15) is 5.26 Å². The van der Waals surface area contributed by atoms with E-state index in [1.807, 2.05) is 0 Å². The molecule has 1 amide bonds. The number of hydrogen-bond acceptors (Lipinski definition) is 3. The summed E-state index contributed by atoms with van der Waals surface area (Å²) in [5.74, 6) is 0.132. The van der Waals surface area contributed by atoms with Gasteiger partial charge in [0.25, 0.3) is 0 Å². The Bertz CT molecular complexity index is 298. The summed E-state index contributed by atoms with van der Waals surface area (Å²) in [5.41, 5.74) is 0. The molecule has 0 radical (unpaired) electrons. The van der Waals surface area contributed by atoms with E-state index in [0.717, 1.165) is 32.2 Å². The second-order valence-electron chi connectivity index (χ2n) is 5.08. The Labute approximate surface area is 110 Å². The van der Waals surface area contributed by atoms with Gasteiger partial charge < -0.3 is 5.32 Å². The first-order chi connectivity index (χ1) is 8.72. The molecule has 0 saturated heterocycles. The summed E-state index contributed by atoms with van der Waals surface area (Å²) in [6, 6.07) is 2.71. The molecule has 2 unspecified atom stereocenters. The van der Waals surface area contributed by atoms with Gasteiger partial charge in [-0.1, -0.05) is 26.2 Å². The van der Waals surface area contributed by atoms with Crippen molar-refractivity contribution in [1.82, 2.24) is 10.2 Å². The van der Waals surface area contributed by atoms with Crippen molar-refractivity contribution in [3.63, 3.8) is 0 Å². The lowest BCUT2D eigenvalue weighted by atomic mass is 9.94. The molecule has 4 heteroatoms. The van der Waals surface area contributed by atoms with Crippen molar-refractivity contribution in [1.29, 1.82) is 5.26 Å². The number of likely N-dealkylation sites (N-methyl/N-ethyl adjacent to an activating group) is 1. The van der Waals surface area contributed by atoms with Crippen LogP contribution >= 0.6 is 0 Å². The summed E-state index contributed by atoms with van der Waals surface area (Å²) in [7, 11) is 1.67. The number of rotatable bonds is 5. The lowest BCUT2D eigenvalue weighted by Gasteiger charge is -2.32. The predicted molar refractivity (Wildman–Crippen MR) is 71.9 cm³/mol. The molecule has 0 aromatic carbocycles. The molecule has 2 atom stereocenters. The van der Waals surface area contributed by atoms with Crippen LogP contribution in [0.1, 0.15) is 45.4 Å². The Morgan fingerprint density at radius 3 is 2.72 bits per heavy atom. The SMILES string of the molecule is CCCN(CC(=O)NC)C1CCCCCC1C#N. The van der Waals surface area contributed by atoms with Crippen LogP contribution in [-0.4, -0.2) is 37.0 Å². The molecule has 0 aliphatic heterocycles. The molecule has 0 bridgehead atoms. The fourth-order valence-corrected chi connectivity index (χ4v) is 2.79. The average molecular weight is 251 g/mol. The van der Waals surface area contributed by atoms with Crippen LogP contribution in [-0.2, 0) is 4.79 Å². The van der Waals surface area contributed by atoms with Gasteiger partial charge in [0.15, 0.2) is 0 Å². The summed E-state index contributed by atoms with van der Waals surface area (Å²) in [4.78, 5) is 13.8. The van der Waals surface area contributed by atoms with Gasteiger partial charge in [-0.15, -0.1) is 0 Å². The zero-order valence-electron chi connectivity index (χ0n) is 11.6. The molecular formula is C14H25N3O. The number of amides is 1. The van der Waals surface area contributed by atoms with E-state index in [9.17, 15) is 10.1 Å². The molecule has 1 rings (SSSR count). The maximum atomic E-state index is 11.6. The lowest BCUT2D eigenvalue weighted by Crippen LogP contribution is -2.45. The number of carbonyl (C=O) groups excluding carboxylic acids is 1. The van der Waals surface area contributed by atoms with Crippen molar-refractivity contribution < 1.29 is 4.79 Å². The van der Waals surface area contributed by atoms with Crippen LogP contribution in [0.2, 0.25) is 0 Å². The summed E-state index contributed by atoms with van der Waals surface area (Å²) in [5, 5.41) is 12.0. The number of hydrogen-bond donors (Lipinski definition) is 1. The van der Waals surface area contributed by atoms with E-state index in [0.29, 0.717) is 6.54 Å². The van der Waals surface area contributed by atoms with Crippen LogP contribution in [0.4, 0.5) is 0 Å². The topological polar surface area (TPSA) is 56.1 Å². The van der Waals surface area contributed by atoms with Gasteiger partial charge in [-0.3, -0.25) is 9.69 Å². The van der Waals surface area contributed by atoms with Crippen molar-refractivity contribution in [2.24, 2.45) is 5.92 Å². The Morgan fingerprint density at radius 2 is 2.11 bits per heavy atom. The molecule has 0 spiro atoms. The fourth-order valence-electron chi connectivity index (χ4n) is 2.79. The highest BCUT2D eigenvalue weighted by atomic mass is 16.1. The quantitative estimate of drug-likeness (QED) is 0.759. The molecule has 0 aromatic rings. The van der Waals surface area contributed by atoms with Gasteiger partial charge in [-0.05, 0) is 25.8 Å². The Balaban J connectivity index is 2.73. The van der Waals surface area contributed by atoms with Crippen LogP contribution in [0.5, 0.6) is 0 Å². The molecule has 1 aliphatic rings. The molecule has 1 N–H and O–H groups in total. The first kappa shape index (κ1) is 15.0. The molecule has 18 heavy (non-hydrogen) atoms. The van der Waals surface area contributed by atoms with Gasteiger partial charge in [0.1, 0.15) is 0 Å². The first-order valence-corrected chi connectivity index (χ1v) is 7.07. The first-order valence-electron chi connectivity index (χ1n) is 7.07. The second-order valence-corrected chi connectivity index (χ2v) is 5.08. The minimum Gasteiger partial charge on any atom is -0.358 e. The highest BCUT2D eigenvalue weighted by Gasteiger charge is 2.29. The third kappa shape index (κ3) is 4.30. The standard InChI is InChI=1S/C14H25N3O/c1-3-9-17(11-14(18)16-2)13-8-6-4-5-7-12(13)10-15/h12-13H,3-9,11H2,1-2H3,(H,16,18). The number of nitriles is 1. The summed E-state index contributed by atoms with van der Waals surface area (Å²) in [6.07, 6.45) is 6.59. The minimum absolute atomic E-state index is 0.0457. The van der Waals surface area contributed by atoms with E-state index in [2.05, 4.69) is 23.2 Å². The van der Waals surface area contributed by atoms with Crippen molar-refractivity contribution in [3.8, 4) is 6.07 Å². The molecule has 1 fully saturated rings. The fraction of sp³-hybridized carbons (Fsp3) is 0.857. The average Bonchev–Trinajstić information content (AvgIpc) is 2.62. The maximum Gasteiger partial charge on any atom is 0.233 e. The highest BCUT2D eigenvalue weighted by molar-refractivity contribution is 5.77. The van der Waals surface area contributed by atoms with Crippen LogP contribution in [0.3, 0.4) is 0 Å². The van der Waals surface area contributed by atoms with Gasteiger partial charge in [0.2, 0.25) is 5.91 Å². The minimum atomic E-state index is 0.0457. The zero-order valence-corrected chi connectivity index (χ0v) is 11.6. The highest BCUT2D eigenvalue weighted by Crippen LogP contribution is 2.27. The number of carbonyl (C=O) groups is 1. The van der Waals surface area contributed by atoms with Crippen molar-refractivity contribution in [3.05, 3.63) is 0 Å². The molecule has 1 saturated carbocycles. The summed E-state index contributed by atoms with van der Waals surface area (Å²) < 4.78 is 0. The monoisotopic (exact) mass is 251 g/mol. The van der Waals surface area contributed by atoms with Crippen LogP contribution in [0.25, 0.3) is 0 Å².